The summed E-state index contributed by atoms with van der Waals surface area (Å²) in [6.45, 7) is -0.610. The summed E-state index contributed by atoms with van der Waals surface area (Å²) in [5, 5.41) is 21.7. The predicted molar refractivity (Wildman–Crippen MR) is 88.0 cm³/mol. The number of amides is 2. The van der Waals surface area contributed by atoms with Crippen molar-refractivity contribution >= 4 is 46.1 Å². The molecule has 12 heteroatoms. The van der Waals surface area contributed by atoms with Crippen LogP contribution in [0.4, 0.5) is 0 Å². The van der Waals surface area contributed by atoms with Crippen LogP contribution in [0.5, 0.6) is 0 Å². The van der Waals surface area contributed by atoms with Gasteiger partial charge in [-0.25, -0.2) is 0 Å². The van der Waals surface area contributed by atoms with E-state index in [-0.39, 0.29) is 18.6 Å². The van der Waals surface area contributed by atoms with Crippen LogP contribution in [0.2, 0.25) is 11.4 Å². The fourth-order valence-corrected chi connectivity index (χ4v) is 5.34. The molecule has 0 aromatic heterocycles. The number of rotatable bonds is 11. The molecule has 0 aliphatic carbocycles. The van der Waals surface area contributed by atoms with E-state index in [2.05, 4.69) is 10.6 Å². The topological polar surface area (TPSA) is 176 Å². The quantitative estimate of drug-likeness (QED) is 0.252. The van der Waals surface area contributed by atoms with Gasteiger partial charge in [0, 0.05) is 0 Å². The average Bonchev–Trinajstić information content (AvgIpc) is 2.45. The zero-order valence-electron chi connectivity index (χ0n) is 13.4. The summed E-state index contributed by atoms with van der Waals surface area (Å²) in [4.78, 5) is 44.8. The van der Waals surface area contributed by atoms with E-state index in [0.29, 0.717) is 0 Å². The van der Waals surface area contributed by atoms with Gasteiger partial charge in [0.1, 0.15) is 0 Å². The number of carboxylic acids is 2. The van der Waals surface area contributed by atoms with Crippen molar-refractivity contribution in [2.24, 2.45) is 5.73 Å². The van der Waals surface area contributed by atoms with Crippen LogP contribution in [-0.2, 0) is 22.9 Å². The SMILES string of the molecule is C[As](C)(=O)SC[C@H](NC(=O)CC[C@H](N)C(=O)O)C(=O)NCC(=O)O. The molecule has 0 bridgehead atoms. The van der Waals surface area contributed by atoms with E-state index < -0.39 is 54.7 Å². The van der Waals surface area contributed by atoms with Gasteiger partial charge in [-0.3, -0.25) is 0 Å². The van der Waals surface area contributed by atoms with Gasteiger partial charge in [0.05, 0.1) is 0 Å². The Morgan fingerprint density at radius 3 is 2.25 bits per heavy atom. The van der Waals surface area contributed by atoms with Gasteiger partial charge in [-0.1, -0.05) is 0 Å². The van der Waals surface area contributed by atoms with Crippen molar-refractivity contribution in [1.29, 1.82) is 0 Å². The summed E-state index contributed by atoms with van der Waals surface area (Å²) in [7, 11) is 1.05. The minimum atomic E-state index is -3.12. The number of carbonyl (C=O) groups excluding carboxylic acids is 2. The van der Waals surface area contributed by atoms with Gasteiger partial charge in [-0.05, 0) is 0 Å². The van der Waals surface area contributed by atoms with Crippen molar-refractivity contribution < 1.29 is 33.1 Å². The molecule has 0 saturated carbocycles. The van der Waals surface area contributed by atoms with E-state index in [4.69, 9.17) is 15.9 Å². The van der Waals surface area contributed by atoms with E-state index in [0.717, 1.165) is 10.0 Å². The van der Waals surface area contributed by atoms with E-state index in [9.17, 15) is 22.9 Å². The molecule has 2 atom stereocenters. The molecule has 0 aromatic carbocycles. The fourth-order valence-electron chi connectivity index (χ4n) is 1.40. The Bertz CT molecular complexity index is 537. The molecule has 0 aliphatic rings. The molecule has 2 amide bonds. The number of nitrogens with two attached hydrogens (primary N) is 1. The number of carbonyl (C=O) groups is 4. The average molecular weight is 427 g/mol. The molecule has 0 spiro atoms. The molecule has 0 aliphatic heterocycles. The number of nitrogens with one attached hydrogen (secondary N) is 2. The summed E-state index contributed by atoms with van der Waals surface area (Å²) < 4.78 is 11.8. The summed E-state index contributed by atoms with van der Waals surface area (Å²) in [5.74, 6) is -3.78. The third kappa shape index (κ3) is 11.1. The zero-order chi connectivity index (χ0) is 18.9. The summed E-state index contributed by atoms with van der Waals surface area (Å²) in [5.41, 5.74) is 8.41. The third-order valence-electron chi connectivity index (χ3n) is 2.62. The molecule has 0 fully saturated rings. The Kier molecular flexibility index (Phi) is 9.79. The second-order valence-electron chi connectivity index (χ2n) is 5.26. The number of carboxylic acid groups (broad SMARTS) is 2. The molecule has 0 aromatic rings. The predicted octanol–water partition coefficient (Wildman–Crippen LogP) is -1.27. The van der Waals surface area contributed by atoms with Crippen LogP contribution in [0.3, 0.4) is 0 Å². The van der Waals surface area contributed by atoms with E-state index in [1.807, 2.05) is 0 Å². The van der Waals surface area contributed by atoms with Gasteiger partial charge < -0.3 is 0 Å². The molecule has 10 nitrogen and oxygen atoms in total. The van der Waals surface area contributed by atoms with Gasteiger partial charge in [0.15, 0.2) is 0 Å². The zero-order valence-corrected chi connectivity index (χ0v) is 16.0. The number of hydrogen-bond acceptors (Lipinski definition) is 7. The van der Waals surface area contributed by atoms with Crippen LogP contribution in [0.15, 0.2) is 0 Å². The first-order chi connectivity index (χ1) is 10.9. The van der Waals surface area contributed by atoms with Gasteiger partial charge >= 0.3 is 144 Å². The molecule has 0 radical (unpaired) electrons. The van der Waals surface area contributed by atoms with Gasteiger partial charge in [0.25, 0.3) is 0 Å². The van der Waals surface area contributed by atoms with Crippen molar-refractivity contribution in [3.63, 3.8) is 0 Å². The van der Waals surface area contributed by atoms with Crippen molar-refractivity contribution in [2.75, 3.05) is 12.3 Å². The van der Waals surface area contributed by atoms with Crippen LogP contribution >= 0.6 is 10.0 Å². The first-order valence-corrected chi connectivity index (χ1v) is 14.6. The summed E-state index contributed by atoms with van der Waals surface area (Å²) >= 11 is -3.12. The maximum atomic E-state index is 11.9. The normalized spacial score (nSPS) is 13.6. The second-order valence-corrected chi connectivity index (χ2v) is 17.3. The molecule has 138 valence electrons. The van der Waals surface area contributed by atoms with Crippen LogP contribution in [0.25, 0.3) is 0 Å². The first kappa shape index (κ1) is 22.5. The molecule has 0 heterocycles. The first-order valence-electron chi connectivity index (χ1n) is 6.89. The van der Waals surface area contributed by atoms with Gasteiger partial charge in [0.2, 0.25) is 0 Å². The minimum absolute atomic E-state index is 0.0195. The van der Waals surface area contributed by atoms with E-state index in [1.54, 1.807) is 11.4 Å². The van der Waals surface area contributed by atoms with Gasteiger partial charge in [-0.2, -0.15) is 0 Å². The molecular formula is C12H22AsN3O7S. The van der Waals surface area contributed by atoms with E-state index in [1.165, 1.54) is 0 Å². The van der Waals surface area contributed by atoms with Crippen molar-refractivity contribution in [3.05, 3.63) is 0 Å². The molecule has 0 unspecified atom stereocenters. The number of hydrogen-bond donors (Lipinski definition) is 5. The molecule has 6 N–H and O–H groups in total. The monoisotopic (exact) mass is 427 g/mol. The van der Waals surface area contributed by atoms with Crippen molar-refractivity contribution in [3.8, 4) is 0 Å². The van der Waals surface area contributed by atoms with Gasteiger partial charge in [-0.15, -0.1) is 0 Å². The summed E-state index contributed by atoms with van der Waals surface area (Å²) in [6, 6.07) is -2.27. The molecule has 0 saturated heterocycles. The Hall–Kier alpha value is -1.45. The Balaban J connectivity index is 4.70. The molecule has 0 rings (SSSR count). The standard InChI is InChI=1S/C12H22AsN3O7S/c1-13(2,23)24-6-8(11(20)15-5-10(18)19)16-9(17)4-3-7(14)12(21)22/h7-8H,3-6,14H2,1-2H3,(H,15,20)(H,16,17)(H,18,19)(H,21,22)/t7-,8-/m0/s1. The number of aliphatic carboxylic acids is 2. The Morgan fingerprint density at radius 2 is 1.79 bits per heavy atom. The molecular weight excluding hydrogens is 405 g/mol. The van der Waals surface area contributed by atoms with Crippen molar-refractivity contribution in [2.45, 2.75) is 36.3 Å². The second kappa shape index (κ2) is 10.4. The van der Waals surface area contributed by atoms with E-state index >= 15 is 0 Å². The fraction of sp³-hybridized carbons (Fsp3) is 0.667. The van der Waals surface area contributed by atoms with Crippen LogP contribution in [-0.4, -0.2) is 70.7 Å². The van der Waals surface area contributed by atoms with Crippen LogP contribution in [0.1, 0.15) is 12.8 Å². The Morgan fingerprint density at radius 1 is 1.21 bits per heavy atom. The van der Waals surface area contributed by atoms with Crippen LogP contribution < -0.4 is 16.4 Å². The van der Waals surface area contributed by atoms with Crippen molar-refractivity contribution in [1.82, 2.24) is 10.6 Å². The third-order valence-corrected chi connectivity index (χ3v) is 8.57. The Labute approximate surface area is 144 Å². The maximum absolute atomic E-state index is 11.9. The molecule has 24 heavy (non-hydrogen) atoms. The summed E-state index contributed by atoms with van der Waals surface area (Å²) in [6.07, 6.45) is -0.316. The van der Waals surface area contributed by atoms with Crippen LogP contribution in [0, 0.1) is 0 Å².